The molecule has 0 aromatic rings. The number of ether oxygens (including phenoxy) is 1. The van der Waals surface area contributed by atoms with E-state index < -0.39 is 0 Å². The van der Waals surface area contributed by atoms with Crippen LogP contribution in [0.3, 0.4) is 0 Å². The van der Waals surface area contributed by atoms with Crippen molar-refractivity contribution in [3.8, 4) is 0 Å². The van der Waals surface area contributed by atoms with Crippen molar-refractivity contribution in [3.05, 3.63) is 12.2 Å². The van der Waals surface area contributed by atoms with Gasteiger partial charge in [0.1, 0.15) is 0 Å². The molecule has 2 heteroatoms. The van der Waals surface area contributed by atoms with Crippen LogP contribution in [-0.4, -0.2) is 25.4 Å². The van der Waals surface area contributed by atoms with Crippen LogP contribution >= 0.6 is 0 Å². The summed E-state index contributed by atoms with van der Waals surface area (Å²) in [6.45, 7) is 4.70. The SMILES string of the molecule is C=C1CC(CO)(COC)C1. The number of methoxy groups -OCH3 is 1. The average Bonchev–Trinajstić information content (AvgIpc) is 1.84. The number of hydrogen-bond donors (Lipinski definition) is 1. The van der Waals surface area contributed by atoms with Crippen molar-refractivity contribution in [2.75, 3.05) is 20.3 Å². The van der Waals surface area contributed by atoms with Gasteiger partial charge >= 0.3 is 0 Å². The lowest BCUT2D eigenvalue weighted by atomic mass is 9.67. The van der Waals surface area contributed by atoms with Gasteiger partial charge in [-0.3, -0.25) is 0 Å². The maximum Gasteiger partial charge on any atom is 0.0546 e. The second kappa shape index (κ2) is 2.72. The van der Waals surface area contributed by atoms with Crippen LogP contribution in [0.4, 0.5) is 0 Å². The minimum absolute atomic E-state index is 0.0197. The van der Waals surface area contributed by atoms with Gasteiger partial charge in [0.05, 0.1) is 13.2 Å². The third-order valence-electron chi connectivity index (χ3n) is 2.04. The Labute approximate surface area is 61.5 Å². The van der Waals surface area contributed by atoms with Crippen LogP contribution in [-0.2, 0) is 4.74 Å². The molecule has 0 atom stereocenters. The Balaban J connectivity index is 2.39. The summed E-state index contributed by atoms with van der Waals surface area (Å²) in [6, 6.07) is 0. The van der Waals surface area contributed by atoms with E-state index in [4.69, 9.17) is 9.84 Å². The highest BCUT2D eigenvalue weighted by molar-refractivity contribution is 5.15. The molecular formula is C8H14O2. The van der Waals surface area contributed by atoms with Crippen LogP contribution in [0.25, 0.3) is 0 Å². The Morgan fingerprint density at radius 1 is 1.70 bits per heavy atom. The molecular weight excluding hydrogens is 128 g/mol. The number of rotatable bonds is 3. The van der Waals surface area contributed by atoms with Gasteiger partial charge < -0.3 is 9.84 Å². The summed E-state index contributed by atoms with van der Waals surface area (Å²) >= 11 is 0. The van der Waals surface area contributed by atoms with Gasteiger partial charge in [-0.05, 0) is 12.8 Å². The Morgan fingerprint density at radius 2 is 2.30 bits per heavy atom. The molecule has 1 fully saturated rings. The summed E-state index contributed by atoms with van der Waals surface area (Å²) in [5.74, 6) is 0. The van der Waals surface area contributed by atoms with Gasteiger partial charge in [0.2, 0.25) is 0 Å². The molecule has 10 heavy (non-hydrogen) atoms. The first kappa shape index (κ1) is 7.76. The first-order valence-corrected chi connectivity index (χ1v) is 3.49. The Morgan fingerprint density at radius 3 is 2.60 bits per heavy atom. The van der Waals surface area contributed by atoms with E-state index in [0.29, 0.717) is 6.61 Å². The molecule has 0 spiro atoms. The minimum Gasteiger partial charge on any atom is -0.396 e. The molecule has 58 valence electrons. The molecule has 0 bridgehead atoms. The van der Waals surface area contributed by atoms with Crippen molar-refractivity contribution in [2.24, 2.45) is 5.41 Å². The second-order valence-electron chi connectivity index (χ2n) is 3.19. The first-order valence-electron chi connectivity index (χ1n) is 3.49. The largest absolute Gasteiger partial charge is 0.396 e. The molecule has 0 amide bonds. The zero-order valence-electron chi connectivity index (χ0n) is 6.39. The zero-order chi connectivity index (χ0) is 7.61. The summed E-state index contributed by atoms with van der Waals surface area (Å²) in [7, 11) is 1.67. The zero-order valence-corrected chi connectivity index (χ0v) is 6.39. The van der Waals surface area contributed by atoms with E-state index in [1.54, 1.807) is 7.11 Å². The van der Waals surface area contributed by atoms with Crippen molar-refractivity contribution in [2.45, 2.75) is 12.8 Å². The van der Waals surface area contributed by atoms with Crippen LogP contribution in [0.15, 0.2) is 12.2 Å². The fourth-order valence-corrected chi connectivity index (χ4v) is 1.57. The predicted molar refractivity (Wildman–Crippen MR) is 39.8 cm³/mol. The topological polar surface area (TPSA) is 29.5 Å². The van der Waals surface area contributed by atoms with Crippen LogP contribution in [0.2, 0.25) is 0 Å². The van der Waals surface area contributed by atoms with Crippen molar-refractivity contribution in [1.82, 2.24) is 0 Å². The number of hydrogen-bond acceptors (Lipinski definition) is 2. The van der Waals surface area contributed by atoms with E-state index in [-0.39, 0.29) is 12.0 Å². The highest BCUT2D eigenvalue weighted by Crippen LogP contribution is 2.43. The molecule has 0 aromatic heterocycles. The van der Waals surface area contributed by atoms with E-state index in [1.807, 2.05) is 0 Å². The van der Waals surface area contributed by atoms with Gasteiger partial charge in [-0.2, -0.15) is 0 Å². The molecule has 1 aliphatic rings. The van der Waals surface area contributed by atoms with E-state index >= 15 is 0 Å². The van der Waals surface area contributed by atoms with Crippen LogP contribution in [0.1, 0.15) is 12.8 Å². The van der Waals surface area contributed by atoms with Gasteiger partial charge in [0.25, 0.3) is 0 Å². The lowest BCUT2D eigenvalue weighted by Crippen LogP contribution is -2.38. The van der Waals surface area contributed by atoms with Crippen molar-refractivity contribution in [1.29, 1.82) is 0 Å². The molecule has 0 saturated heterocycles. The molecule has 0 unspecified atom stereocenters. The van der Waals surface area contributed by atoms with Gasteiger partial charge in [-0.15, -0.1) is 0 Å². The molecule has 0 aliphatic heterocycles. The van der Waals surface area contributed by atoms with Crippen LogP contribution in [0, 0.1) is 5.41 Å². The minimum atomic E-state index is 0.0197. The van der Waals surface area contributed by atoms with Gasteiger partial charge in [-0.1, -0.05) is 12.2 Å². The summed E-state index contributed by atoms with van der Waals surface area (Å²) in [5, 5.41) is 8.96. The molecule has 1 rings (SSSR count). The van der Waals surface area contributed by atoms with Crippen molar-refractivity contribution < 1.29 is 9.84 Å². The number of aliphatic hydroxyl groups is 1. The Hall–Kier alpha value is -0.340. The summed E-state index contributed by atoms with van der Waals surface area (Å²) in [6.07, 6.45) is 1.86. The summed E-state index contributed by atoms with van der Waals surface area (Å²) < 4.78 is 4.99. The van der Waals surface area contributed by atoms with Crippen LogP contribution < -0.4 is 0 Å². The number of aliphatic hydroxyl groups excluding tert-OH is 1. The monoisotopic (exact) mass is 142 g/mol. The fourth-order valence-electron chi connectivity index (χ4n) is 1.57. The van der Waals surface area contributed by atoms with E-state index in [0.717, 1.165) is 12.8 Å². The molecule has 0 aromatic carbocycles. The second-order valence-corrected chi connectivity index (χ2v) is 3.19. The van der Waals surface area contributed by atoms with Gasteiger partial charge in [0.15, 0.2) is 0 Å². The molecule has 0 heterocycles. The summed E-state index contributed by atoms with van der Waals surface area (Å²) in [4.78, 5) is 0. The Bertz CT molecular complexity index is 132. The molecule has 2 nitrogen and oxygen atoms in total. The Kier molecular flexibility index (Phi) is 2.11. The van der Waals surface area contributed by atoms with Crippen LogP contribution in [0.5, 0.6) is 0 Å². The highest BCUT2D eigenvalue weighted by atomic mass is 16.5. The molecule has 1 aliphatic carbocycles. The third-order valence-corrected chi connectivity index (χ3v) is 2.04. The normalized spacial score (nSPS) is 22.4. The maximum atomic E-state index is 8.96. The first-order chi connectivity index (χ1) is 4.72. The number of allylic oxidation sites excluding steroid dienone is 1. The average molecular weight is 142 g/mol. The lowest BCUT2D eigenvalue weighted by molar-refractivity contribution is 0.00208. The third kappa shape index (κ3) is 1.22. The summed E-state index contributed by atoms with van der Waals surface area (Å²) in [5.41, 5.74) is 1.25. The molecule has 1 N–H and O–H groups in total. The van der Waals surface area contributed by atoms with Gasteiger partial charge in [0, 0.05) is 12.5 Å². The lowest BCUT2D eigenvalue weighted by Gasteiger charge is -2.41. The van der Waals surface area contributed by atoms with E-state index in [1.165, 1.54) is 5.57 Å². The standard InChI is InChI=1S/C8H14O2/c1-7-3-8(4-7,5-9)6-10-2/h9H,1,3-6H2,2H3. The van der Waals surface area contributed by atoms with Gasteiger partial charge in [-0.25, -0.2) is 0 Å². The fraction of sp³-hybridized carbons (Fsp3) is 0.750. The molecule has 0 radical (unpaired) electrons. The van der Waals surface area contributed by atoms with Crippen molar-refractivity contribution >= 4 is 0 Å². The van der Waals surface area contributed by atoms with E-state index in [2.05, 4.69) is 6.58 Å². The highest BCUT2D eigenvalue weighted by Gasteiger charge is 2.38. The quantitative estimate of drug-likeness (QED) is 0.595. The van der Waals surface area contributed by atoms with Crippen molar-refractivity contribution in [3.63, 3.8) is 0 Å². The van der Waals surface area contributed by atoms with E-state index in [9.17, 15) is 0 Å². The maximum absolute atomic E-state index is 8.96. The molecule has 1 saturated carbocycles. The smallest absolute Gasteiger partial charge is 0.0546 e. The predicted octanol–water partition coefficient (Wildman–Crippen LogP) is 0.962.